The van der Waals surface area contributed by atoms with E-state index in [2.05, 4.69) is 46.5 Å². The second-order valence-corrected chi connectivity index (χ2v) is 25.2. The predicted molar refractivity (Wildman–Crippen MR) is 347 cm³/mol. The van der Waals surface area contributed by atoms with Crippen molar-refractivity contribution < 1.29 is 56.0 Å². The number of H-pyrrole nitrogens is 3. The van der Waals surface area contributed by atoms with Crippen molar-refractivity contribution in [3.8, 4) is 0 Å². The predicted octanol–water partition coefficient (Wildman–Crippen LogP) is 15.4. The molecule has 0 saturated carbocycles. The maximum Gasteiger partial charge on any atom is 0.321 e. The number of aliphatic hydroxyl groups is 3. The number of aromatic nitrogens is 6. The van der Waals surface area contributed by atoms with Crippen LogP contribution in [0.5, 0.6) is 0 Å². The van der Waals surface area contributed by atoms with Gasteiger partial charge in [0.1, 0.15) is 18.3 Å². The van der Waals surface area contributed by atoms with Crippen LogP contribution in [-0.2, 0) is 0 Å². The van der Waals surface area contributed by atoms with Gasteiger partial charge in [0.2, 0.25) is 0 Å². The molecule has 3 aliphatic heterocycles. The van der Waals surface area contributed by atoms with Gasteiger partial charge < -0.3 is 46.0 Å². The fourth-order valence-corrected chi connectivity index (χ4v) is 12.8. The lowest BCUT2D eigenvalue weighted by molar-refractivity contribution is -0.159. The lowest BCUT2D eigenvalue weighted by atomic mass is 9.85. The summed E-state index contributed by atoms with van der Waals surface area (Å²) in [5.41, 5.74) is 6.21. The third-order valence-electron chi connectivity index (χ3n) is 17.5. The number of nitrogens with zero attached hydrogens (tertiary/aromatic N) is 6. The monoisotopic (exact) mass is 1340 g/mol. The van der Waals surface area contributed by atoms with E-state index in [1.54, 1.807) is 48.5 Å². The van der Waals surface area contributed by atoms with E-state index in [1.807, 2.05) is 63.2 Å². The Hall–Kier alpha value is -8.13. The van der Waals surface area contributed by atoms with E-state index in [-0.39, 0.29) is 128 Å². The van der Waals surface area contributed by atoms with Crippen molar-refractivity contribution in [2.75, 3.05) is 55.2 Å². The molecule has 18 nitrogen and oxygen atoms in total. The summed E-state index contributed by atoms with van der Waals surface area (Å²) in [5, 5.41) is 62.1. The van der Waals surface area contributed by atoms with Gasteiger partial charge in [-0.25, -0.2) is 40.7 Å². The number of nitrogens with one attached hydrogen (secondary N) is 6. The van der Waals surface area contributed by atoms with Crippen molar-refractivity contribution in [3.63, 3.8) is 0 Å². The van der Waals surface area contributed by atoms with Gasteiger partial charge in [-0.2, -0.15) is 15.3 Å². The number of carbonyl (C=O) groups is 3. The van der Waals surface area contributed by atoms with Gasteiger partial charge in [-0.05, 0) is 138 Å². The van der Waals surface area contributed by atoms with E-state index in [9.17, 15) is 29.7 Å². The number of aromatic amines is 3. The zero-order valence-corrected chi connectivity index (χ0v) is 53.0. The first-order chi connectivity index (χ1) is 44.3. The largest absolute Gasteiger partial charge is 0.382 e. The molecular formula is C66H69Cl3F6N12O6. The van der Waals surface area contributed by atoms with Crippen molar-refractivity contribution >= 4 is 103 Å². The van der Waals surface area contributed by atoms with Gasteiger partial charge in [0.25, 0.3) is 17.8 Å². The third-order valence-corrected chi connectivity index (χ3v) is 18.1. The van der Waals surface area contributed by atoms with Gasteiger partial charge in [-0.1, -0.05) is 82.3 Å². The highest BCUT2D eigenvalue weighted by Crippen LogP contribution is 2.48. The van der Waals surface area contributed by atoms with Gasteiger partial charge in [0.05, 0.1) is 35.1 Å². The number of halogens is 9. The molecule has 0 spiro atoms. The Kier molecular flexibility index (Phi) is 20.8. The maximum absolute atomic E-state index is 15.2. The molecule has 6 heterocycles. The quantitative estimate of drug-likeness (QED) is 0.0528. The Labute approximate surface area is 546 Å². The minimum Gasteiger partial charge on any atom is -0.382 e. The fourth-order valence-electron chi connectivity index (χ4n) is 12.1. The number of likely N-dealkylation sites (tertiary alicyclic amines) is 3. The van der Waals surface area contributed by atoms with Gasteiger partial charge in [-0.15, -0.1) is 0 Å². The van der Waals surface area contributed by atoms with Crippen LogP contribution < -0.4 is 16.0 Å². The average molecular weight is 1350 g/mol. The van der Waals surface area contributed by atoms with Gasteiger partial charge >= 0.3 is 18.1 Å². The smallest absolute Gasteiger partial charge is 0.321 e. The van der Waals surface area contributed by atoms with E-state index in [1.165, 1.54) is 51.5 Å². The normalized spacial score (nSPS) is 16.5. The molecule has 492 valence electrons. The van der Waals surface area contributed by atoms with E-state index >= 15 is 26.3 Å². The van der Waals surface area contributed by atoms with Crippen LogP contribution in [0.1, 0.15) is 90.2 Å². The molecule has 3 fully saturated rings. The highest BCUT2D eigenvalue weighted by Gasteiger charge is 2.51. The van der Waals surface area contributed by atoms with Crippen molar-refractivity contribution in [1.82, 2.24) is 45.3 Å². The maximum atomic E-state index is 15.2. The standard InChI is InChI=1S/3C22H23ClF2N4O2/c2*1-13-2-4-17(5-3-13)27-21(31)29-8-6-15(7-9-29)22(24,25)20(30)18-11-16(23)10-14-12-26-28-19(14)18;1-13-3-2-4-17(9-13)27-21(31)29-7-5-15(6-8-29)22(24,25)20(30)18-11-16(23)10-14-12-26-28-19(14)18/h2*2-5,10-12,15,20,30H,6-9H2,1H3,(H,26,28)(H,27,31);2-4,9-12,15,20,30H,5-8H2,1H3,(H,26,28)(H,27,31). The summed E-state index contributed by atoms with van der Waals surface area (Å²) < 4.78 is 91.3. The summed E-state index contributed by atoms with van der Waals surface area (Å²) in [6, 6.07) is 30.0. The van der Waals surface area contributed by atoms with Crippen LogP contribution in [-0.4, -0.2) is 136 Å². The van der Waals surface area contributed by atoms with Gasteiger partial charge in [0, 0.05) is 122 Å². The molecule has 27 heteroatoms. The Balaban J connectivity index is 0.000000153. The number of alkyl halides is 6. The zero-order chi connectivity index (χ0) is 66.5. The summed E-state index contributed by atoms with van der Waals surface area (Å²) in [5.74, 6) is -13.4. The van der Waals surface area contributed by atoms with Crippen LogP contribution in [0.3, 0.4) is 0 Å². The summed E-state index contributed by atoms with van der Waals surface area (Å²) in [7, 11) is 0. The molecule has 93 heavy (non-hydrogen) atoms. The average Bonchev–Trinajstić information content (AvgIpc) is 1.78. The summed E-state index contributed by atoms with van der Waals surface area (Å²) in [4.78, 5) is 42.0. The van der Waals surface area contributed by atoms with Crippen molar-refractivity contribution in [2.24, 2.45) is 17.8 Å². The minimum atomic E-state index is -3.39. The number of anilines is 3. The number of fused-ring (bicyclic) bond motifs is 3. The van der Waals surface area contributed by atoms with Gasteiger partial charge in [-0.3, -0.25) is 15.3 Å². The number of piperidine rings is 3. The van der Waals surface area contributed by atoms with Crippen molar-refractivity contribution in [1.29, 1.82) is 0 Å². The Morgan fingerprint density at radius 1 is 0.441 bits per heavy atom. The Morgan fingerprint density at radius 3 is 1.02 bits per heavy atom. The number of urea groups is 3. The first-order valence-corrected chi connectivity index (χ1v) is 31.3. The number of benzene rings is 6. The number of rotatable bonds is 12. The number of hydrogen-bond acceptors (Lipinski definition) is 9. The summed E-state index contributed by atoms with van der Waals surface area (Å²) >= 11 is 18.1. The molecular weight excluding hydrogens is 1280 g/mol. The molecule has 0 bridgehead atoms. The molecule has 3 aliphatic rings. The van der Waals surface area contributed by atoms with Crippen LogP contribution in [0.4, 0.5) is 57.8 Å². The number of amides is 6. The van der Waals surface area contributed by atoms with Crippen LogP contribution >= 0.6 is 34.8 Å². The molecule has 0 aliphatic carbocycles. The minimum absolute atomic E-state index is 0.0181. The van der Waals surface area contributed by atoms with Crippen LogP contribution in [0.25, 0.3) is 32.7 Å². The summed E-state index contributed by atoms with van der Waals surface area (Å²) in [6.45, 7) is 6.90. The molecule has 3 unspecified atom stereocenters. The van der Waals surface area contributed by atoms with Crippen molar-refractivity contribution in [2.45, 2.75) is 95.4 Å². The molecule has 9 N–H and O–H groups in total. The highest BCUT2D eigenvalue weighted by molar-refractivity contribution is 6.32. The van der Waals surface area contributed by atoms with E-state index in [0.29, 0.717) is 49.8 Å². The molecule has 9 aromatic rings. The van der Waals surface area contributed by atoms with Gasteiger partial charge in [0.15, 0.2) is 0 Å². The molecule has 6 amide bonds. The lowest BCUT2D eigenvalue weighted by Crippen LogP contribution is -2.46. The van der Waals surface area contributed by atoms with Crippen LogP contribution in [0.15, 0.2) is 128 Å². The second kappa shape index (κ2) is 28.6. The molecule has 3 aromatic heterocycles. The summed E-state index contributed by atoms with van der Waals surface area (Å²) in [6.07, 6.45) is -1.20. The second-order valence-electron chi connectivity index (χ2n) is 23.9. The number of aryl methyl sites for hydroxylation is 3. The molecule has 3 saturated heterocycles. The topological polar surface area (TPSA) is 244 Å². The first-order valence-electron chi connectivity index (χ1n) is 30.2. The molecule has 0 radical (unpaired) electrons. The molecule has 12 rings (SSSR count). The van der Waals surface area contributed by atoms with E-state index < -0.39 is 53.8 Å². The highest BCUT2D eigenvalue weighted by atomic mass is 35.5. The number of hydrogen-bond donors (Lipinski definition) is 9. The first kappa shape index (κ1) is 67.8. The van der Waals surface area contributed by atoms with Crippen molar-refractivity contribution in [3.05, 3.63) is 176 Å². The van der Waals surface area contributed by atoms with E-state index in [4.69, 9.17) is 34.8 Å². The Morgan fingerprint density at radius 2 is 0.731 bits per heavy atom. The third kappa shape index (κ3) is 15.6. The van der Waals surface area contributed by atoms with Crippen LogP contribution in [0.2, 0.25) is 15.1 Å². The number of aliphatic hydroxyl groups excluding tert-OH is 3. The zero-order valence-electron chi connectivity index (χ0n) is 50.7. The molecule has 6 aromatic carbocycles. The lowest BCUT2D eigenvalue weighted by Gasteiger charge is -2.37. The SMILES string of the molecule is Cc1ccc(NC(=O)N2CCC(C(F)(F)C(O)c3cc(Cl)cc4cn[nH]c34)CC2)cc1.Cc1ccc(NC(=O)N2CCC(C(F)(F)C(O)c3cc(Cl)cc4cn[nH]c34)CC2)cc1.Cc1cccc(NC(=O)N2CCC(C(F)(F)C(O)c3cc(Cl)cc4cn[nH]c34)CC2)c1. The fraction of sp³-hybridized carbons (Fsp3) is 0.364. The molecule has 3 atom stereocenters. The van der Waals surface area contributed by atoms with E-state index in [0.717, 1.165) is 16.7 Å². The Bertz CT molecular complexity index is 3910. The number of carbonyl (C=O) groups excluding carboxylic acids is 3. The van der Waals surface area contributed by atoms with Crippen LogP contribution in [0, 0.1) is 38.5 Å².